The maximum atomic E-state index is 12.6. The Balaban J connectivity index is 2.18. The lowest BCUT2D eigenvalue weighted by molar-refractivity contribution is -0.255. The highest BCUT2D eigenvalue weighted by molar-refractivity contribution is 7.99. The summed E-state index contributed by atoms with van der Waals surface area (Å²) in [5.41, 5.74) is -3.92. The highest BCUT2D eigenvalue weighted by Gasteiger charge is 2.58. The third-order valence-electron chi connectivity index (χ3n) is 3.67. The molecule has 2 saturated heterocycles. The van der Waals surface area contributed by atoms with E-state index in [1.165, 1.54) is 11.8 Å². The van der Waals surface area contributed by atoms with E-state index in [-0.39, 0.29) is 6.42 Å². The zero-order valence-corrected chi connectivity index (χ0v) is 11.1. The molecule has 2 aliphatic rings. The fourth-order valence-electron chi connectivity index (χ4n) is 2.33. The van der Waals surface area contributed by atoms with Gasteiger partial charge in [-0.3, -0.25) is 14.5 Å². The number of nitrogens with zero attached hydrogens (tertiary/aromatic N) is 1. The van der Waals surface area contributed by atoms with E-state index in [2.05, 4.69) is 0 Å². The zero-order chi connectivity index (χ0) is 14.5. The predicted molar refractivity (Wildman–Crippen MR) is 62.4 cm³/mol. The first-order valence-corrected chi connectivity index (χ1v) is 6.96. The minimum Gasteiger partial charge on any atom is -0.379 e. The molecule has 2 amide bonds. The second-order valence-corrected chi connectivity index (χ2v) is 6.42. The molecule has 0 aromatic rings. The standard InChI is InChI=1S/C11H14F3NO3S/c1-9(18,11(12,13)14)5-15-7(16)4-10(8(15)17)2-3-19-6-10/h18H,2-6H2,1H3/t9-,10-/m0/s1. The number of amides is 2. The number of likely N-dealkylation sites (tertiary alicyclic amines) is 1. The lowest BCUT2D eigenvalue weighted by atomic mass is 9.86. The number of aliphatic hydroxyl groups is 1. The SMILES string of the molecule is C[C@](O)(CN1C(=O)C[C@]2(CCSC2)C1=O)C(F)(F)F. The molecule has 0 aliphatic carbocycles. The van der Waals surface area contributed by atoms with Crippen LogP contribution in [0.15, 0.2) is 0 Å². The Kier molecular flexibility index (Phi) is 3.37. The van der Waals surface area contributed by atoms with E-state index in [4.69, 9.17) is 0 Å². The molecule has 2 fully saturated rings. The summed E-state index contributed by atoms with van der Waals surface area (Å²) in [6.07, 6.45) is -4.42. The molecule has 2 aliphatic heterocycles. The molecule has 2 rings (SSSR count). The molecule has 0 aromatic heterocycles. The van der Waals surface area contributed by atoms with Crippen LogP contribution in [0.3, 0.4) is 0 Å². The van der Waals surface area contributed by atoms with E-state index in [0.29, 0.717) is 24.0 Å². The van der Waals surface area contributed by atoms with Gasteiger partial charge in [0.2, 0.25) is 11.8 Å². The average molecular weight is 297 g/mol. The Bertz CT molecular complexity index is 416. The van der Waals surface area contributed by atoms with Gasteiger partial charge in [0.05, 0.1) is 12.0 Å². The van der Waals surface area contributed by atoms with E-state index in [1.54, 1.807) is 0 Å². The van der Waals surface area contributed by atoms with Crippen LogP contribution in [0.5, 0.6) is 0 Å². The quantitative estimate of drug-likeness (QED) is 0.778. The van der Waals surface area contributed by atoms with E-state index in [0.717, 1.165) is 5.75 Å². The Morgan fingerprint density at radius 2 is 2.05 bits per heavy atom. The van der Waals surface area contributed by atoms with Gasteiger partial charge in [0, 0.05) is 12.2 Å². The van der Waals surface area contributed by atoms with Crippen molar-refractivity contribution in [2.24, 2.45) is 5.41 Å². The summed E-state index contributed by atoms with van der Waals surface area (Å²) in [6.45, 7) is -0.456. The van der Waals surface area contributed by atoms with Crippen LogP contribution in [-0.4, -0.2) is 51.6 Å². The van der Waals surface area contributed by atoms with Gasteiger partial charge >= 0.3 is 6.18 Å². The Morgan fingerprint density at radius 1 is 1.42 bits per heavy atom. The number of β-amino-alcohol motifs (C(OH)–C–C–N with tert-alkyl or cyclic N) is 1. The number of hydrogen-bond acceptors (Lipinski definition) is 4. The third kappa shape index (κ3) is 2.35. The monoisotopic (exact) mass is 297 g/mol. The number of rotatable bonds is 2. The Morgan fingerprint density at radius 3 is 2.53 bits per heavy atom. The van der Waals surface area contributed by atoms with Gasteiger partial charge in [0.25, 0.3) is 0 Å². The molecule has 0 bridgehead atoms. The minimum absolute atomic E-state index is 0.0488. The fraction of sp³-hybridized carbons (Fsp3) is 0.818. The molecule has 1 N–H and O–H groups in total. The summed E-state index contributed by atoms with van der Waals surface area (Å²) in [7, 11) is 0. The number of alkyl halides is 3. The van der Waals surface area contributed by atoms with Crippen LogP contribution in [0.4, 0.5) is 13.2 Å². The van der Waals surface area contributed by atoms with Gasteiger partial charge in [-0.15, -0.1) is 0 Å². The smallest absolute Gasteiger partial charge is 0.379 e. The van der Waals surface area contributed by atoms with E-state index < -0.39 is 35.6 Å². The predicted octanol–water partition coefficient (Wildman–Crippen LogP) is 1.18. The van der Waals surface area contributed by atoms with Crippen molar-refractivity contribution >= 4 is 23.6 Å². The van der Waals surface area contributed by atoms with Crippen molar-refractivity contribution in [2.75, 3.05) is 18.1 Å². The first-order chi connectivity index (χ1) is 8.59. The van der Waals surface area contributed by atoms with Crippen molar-refractivity contribution in [1.29, 1.82) is 0 Å². The second-order valence-electron chi connectivity index (χ2n) is 5.32. The van der Waals surface area contributed by atoms with Crippen molar-refractivity contribution < 1.29 is 27.9 Å². The highest BCUT2D eigenvalue weighted by atomic mass is 32.2. The van der Waals surface area contributed by atoms with Gasteiger partial charge < -0.3 is 5.11 Å². The molecule has 1 spiro atoms. The van der Waals surface area contributed by atoms with Crippen molar-refractivity contribution in [3.63, 3.8) is 0 Å². The number of carbonyl (C=O) groups excluding carboxylic acids is 2. The Hall–Kier alpha value is -0.760. The topological polar surface area (TPSA) is 57.6 Å². The molecule has 19 heavy (non-hydrogen) atoms. The summed E-state index contributed by atoms with van der Waals surface area (Å²) >= 11 is 1.52. The fourth-order valence-corrected chi connectivity index (χ4v) is 3.77. The highest BCUT2D eigenvalue weighted by Crippen LogP contribution is 2.45. The number of hydrogen-bond donors (Lipinski definition) is 1. The first-order valence-electron chi connectivity index (χ1n) is 5.81. The van der Waals surface area contributed by atoms with Crippen LogP contribution in [0.25, 0.3) is 0 Å². The molecule has 0 saturated carbocycles. The van der Waals surface area contributed by atoms with Gasteiger partial charge in [0.15, 0.2) is 5.60 Å². The average Bonchev–Trinajstić information content (AvgIpc) is 2.80. The summed E-state index contributed by atoms with van der Waals surface area (Å²) in [4.78, 5) is 24.5. The second kappa shape index (κ2) is 4.37. The summed E-state index contributed by atoms with van der Waals surface area (Å²) < 4.78 is 37.8. The van der Waals surface area contributed by atoms with Crippen molar-refractivity contribution in [1.82, 2.24) is 4.90 Å². The molecule has 4 nitrogen and oxygen atoms in total. The molecule has 2 heterocycles. The van der Waals surface area contributed by atoms with Crippen LogP contribution >= 0.6 is 11.8 Å². The molecule has 2 atom stereocenters. The summed E-state index contributed by atoms with van der Waals surface area (Å²) in [6, 6.07) is 0. The normalized spacial score (nSPS) is 31.3. The Labute approximate surface area is 112 Å². The maximum absolute atomic E-state index is 12.6. The van der Waals surface area contributed by atoms with Gasteiger partial charge in [0.1, 0.15) is 0 Å². The molecular weight excluding hydrogens is 283 g/mol. The van der Waals surface area contributed by atoms with E-state index in [9.17, 15) is 27.9 Å². The van der Waals surface area contributed by atoms with Crippen molar-refractivity contribution in [3.8, 4) is 0 Å². The van der Waals surface area contributed by atoms with Crippen molar-refractivity contribution in [2.45, 2.75) is 31.5 Å². The van der Waals surface area contributed by atoms with E-state index in [1.807, 2.05) is 0 Å². The largest absolute Gasteiger partial charge is 0.418 e. The lowest BCUT2D eigenvalue weighted by Gasteiger charge is -2.30. The zero-order valence-electron chi connectivity index (χ0n) is 10.3. The molecular formula is C11H14F3NO3S. The van der Waals surface area contributed by atoms with Crippen molar-refractivity contribution in [3.05, 3.63) is 0 Å². The molecule has 0 unspecified atom stereocenters. The van der Waals surface area contributed by atoms with Crippen LogP contribution < -0.4 is 0 Å². The molecule has 0 radical (unpaired) electrons. The summed E-state index contributed by atoms with van der Waals surface area (Å²) in [5.74, 6) is -0.0193. The minimum atomic E-state index is -4.88. The van der Waals surface area contributed by atoms with Gasteiger partial charge in [-0.05, 0) is 19.1 Å². The summed E-state index contributed by atoms with van der Waals surface area (Å²) in [5, 5.41) is 9.40. The van der Waals surface area contributed by atoms with Crippen LogP contribution in [0.1, 0.15) is 19.8 Å². The number of imide groups is 1. The maximum Gasteiger partial charge on any atom is 0.418 e. The van der Waals surface area contributed by atoms with Crippen LogP contribution in [0, 0.1) is 5.41 Å². The number of carbonyl (C=O) groups is 2. The molecule has 108 valence electrons. The van der Waals surface area contributed by atoms with Crippen LogP contribution in [0.2, 0.25) is 0 Å². The number of thioether (sulfide) groups is 1. The van der Waals surface area contributed by atoms with E-state index >= 15 is 0 Å². The van der Waals surface area contributed by atoms with Gasteiger partial charge in [-0.25, -0.2) is 0 Å². The first kappa shape index (κ1) is 14.6. The number of halogens is 3. The molecule has 8 heteroatoms. The van der Waals surface area contributed by atoms with Crippen LogP contribution in [-0.2, 0) is 9.59 Å². The van der Waals surface area contributed by atoms with Gasteiger partial charge in [-0.1, -0.05) is 0 Å². The molecule has 0 aromatic carbocycles. The van der Waals surface area contributed by atoms with Gasteiger partial charge in [-0.2, -0.15) is 24.9 Å². The lowest BCUT2D eigenvalue weighted by Crippen LogP contribution is -2.53. The third-order valence-corrected chi connectivity index (χ3v) is 4.92.